The Morgan fingerprint density at radius 1 is 0.939 bits per heavy atom. The van der Waals surface area contributed by atoms with Crippen LogP contribution in [0.4, 0.5) is 10.6 Å². The van der Waals surface area contributed by atoms with E-state index in [1.807, 2.05) is 52.1 Å². The number of amides is 2. The molecule has 264 valence electrons. The molecule has 49 heavy (non-hydrogen) atoms. The van der Waals surface area contributed by atoms with Crippen molar-refractivity contribution in [1.29, 1.82) is 0 Å². The average Bonchev–Trinajstić information content (AvgIpc) is 3.63. The molecule has 0 spiro atoms. The summed E-state index contributed by atoms with van der Waals surface area (Å²) in [5.41, 5.74) is 4.34. The van der Waals surface area contributed by atoms with E-state index < -0.39 is 0 Å². The van der Waals surface area contributed by atoms with Crippen LogP contribution in [-0.2, 0) is 9.53 Å². The maximum Gasteiger partial charge on any atom is 0.410 e. The Labute approximate surface area is 291 Å². The third-order valence-corrected chi connectivity index (χ3v) is 10.8. The fourth-order valence-corrected chi connectivity index (χ4v) is 7.62. The van der Waals surface area contributed by atoms with Crippen molar-refractivity contribution in [3.63, 3.8) is 0 Å². The molecular weight excluding hydrogens is 618 g/mol. The molecule has 3 fully saturated rings. The monoisotopic (exact) mass is 671 g/mol. The van der Waals surface area contributed by atoms with Crippen molar-refractivity contribution in [2.75, 3.05) is 51.8 Å². The summed E-state index contributed by atoms with van der Waals surface area (Å²) in [6.07, 6.45) is 14.3. The molecule has 0 unspecified atom stereocenters. The molecule has 1 saturated heterocycles. The number of aryl methyl sites for hydroxylation is 1. The second-order valence-corrected chi connectivity index (χ2v) is 14.6. The van der Waals surface area contributed by atoms with Crippen molar-refractivity contribution >= 4 is 17.8 Å². The van der Waals surface area contributed by atoms with Crippen LogP contribution < -0.4 is 9.64 Å². The summed E-state index contributed by atoms with van der Waals surface area (Å²) in [5.74, 6) is 2.21. The van der Waals surface area contributed by atoms with E-state index in [0.717, 1.165) is 55.5 Å². The van der Waals surface area contributed by atoms with E-state index >= 15 is 0 Å². The molecule has 0 aromatic carbocycles. The first-order valence-electron chi connectivity index (χ1n) is 18.1. The smallest absolute Gasteiger partial charge is 0.410 e. The molecule has 0 atom stereocenters. The van der Waals surface area contributed by atoms with Crippen LogP contribution in [0.25, 0.3) is 11.1 Å². The fourth-order valence-electron chi connectivity index (χ4n) is 7.62. The Morgan fingerprint density at radius 2 is 1.67 bits per heavy atom. The largest absolute Gasteiger partial charge is 0.481 e. The molecule has 0 N–H and O–H groups in total. The van der Waals surface area contributed by atoms with Gasteiger partial charge in [-0.3, -0.25) is 14.4 Å². The van der Waals surface area contributed by atoms with Crippen molar-refractivity contribution in [3.8, 4) is 17.0 Å². The van der Waals surface area contributed by atoms with Gasteiger partial charge in [-0.15, -0.1) is 0 Å². The third-order valence-electron chi connectivity index (χ3n) is 10.8. The predicted octanol–water partition coefficient (Wildman–Crippen LogP) is 6.49. The van der Waals surface area contributed by atoms with Crippen molar-refractivity contribution in [2.45, 2.75) is 90.2 Å². The molecule has 11 heteroatoms. The molecule has 3 aliphatic rings. The van der Waals surface area contributed by atoms with Crippen molar-refractivity contribution in [1.82, 2.24) is 29.5 Å². The minimum atomic E-state index is -0.220. The second-order valence-electron chi connectivity index (χ2n) is 14.6. The number of carbonyl (C=O) groups is 2. The number of nitrogens with zero attached hydrogens (tertiary/aromatic N) is 7. The lowest BCUT2D eigenvalue weighted by molar-refractivity contribution is -0.124. The summed E-state index contributed by atoms with van der Waals surface area (Å²) in [6, 6.07) is 6.50. The predicted molar refractivity (Wildman–Crippen MR) is 190 cm³/mol. The minimum Gasteiger partial charge on any atom is -0.481 e. The zero-order chi connectivity index (χ0) is 34.5. The lowest BCUT2D eigenvalue weighted by Crippen LogP contribution is -2.48. The van der Waals surface area contributed by atoms with Crippen molar-refractivity contribution in [3.05, 3.63) is 54.1 Å². The number of carbonyl (C=O) groups excluding carboxylic acids is 2. The molecule has 0 radical (unpaired) electrons. The highest BCUT2D eigenvalue weighted by molar-refractivity contribution is 5.94. The van der Waals surface area contributed by atoms with Gasteiger partial charge in [-0.05, 0) is 120 Å². The molecule has 0 bridgehead atoms. The van der Waals surface area contributed by atoms with Crippen LogP contribution in [0.15, 0.2) is 43.0 Å². The molecule has 2 aliphatic carbocycles. The maximum absolute atomic E-state index is 14.4. The quantitative estimate of drug-likeness (QED) is 0.254. The molecular formula is C38H53N7O4. The lowest BCUT2D eigenvalue weighted by atomic mass is 9.78. The Balaban J connectivity index is 1.14. The summed E-state index contributed by atoms with van der Waals surface area (Å²) >= 11 is 0. The van der Waals surface area contributed by atoms with Crippen molar-refractivity contribution in [2.24, 2.45) is 11.8 Å². The maximum atomic E-state index is 14.4. The van der Waals surface area contributed by atoms with E-state index in [1.165, 1.54) is 5.56 Å². The first-order valence-corrected chi connectivity index (χ1v) is 18.1. The number of hydrogen-bond acceptors (Lipinski definition) is 8. The molecule has 2 saturated carbocycles. The summed E-state index contributed by atoms with van der Waals surface area (Å²) < 4.78 is 13.3. The number of rotatable bonds is 9. The second kappa shape index (κ2) is 15.7. The van der Waals surface area contributed by atoms with Crippen LogP contribution in [0, 0.1) is 18.8 Å². The van der Waals surface area contributed by atoms with Gasteiger partial charge in [-0.25, -0.2) is 14.8 Å². The highest BCUT2D eigenvalue weighted by atomic mass is 16.6. The molecule has 11 nitrogen and oxygen atoms in total. The normalized spacial score (nSPS) is 23.3. The molecule has 2 amide bonds. The molecule has 3 aromatic rings. The van der Waals surface area contributed by atoms with E-state index in [1.54, 1.807) is 7.11 Å². The number of hydrogen-bond donors (Lipinski definition) is 0. The van der Waals surface area contributed by atoms with Gasteiger partial charge in [-0.1, -0.05) is 0 Å². The number of pyridine rings is 2. The van der Waals surface area contributed by atoms with E-state index in [2.05, 4.69) is 48.1 Å². The lowest BCUT2D eigenvalue weighted by Gasteiger charge is -2.36. The topological polar surface area (TPSA) is 106 Å². The standard InChI is InChI=1S/C38H53N7O4/c1-26(2)45-25-33(23-41-45)31-14-15-39-35(21-31)44(24-28-6-8-29(9-7-28)32-20-27(3)36(48-5)40-22-32)37(46)30-10-12-34(13-11-30)49-38(47)43-18-16-42(4)17-19-43/h14-15,20-23,25-26,28-30,34H,6-13,16-19,24H2,1-5H3. The Bertz CT molecular complexity index is 1570. The van der Waals surface area contributed by atoms with Gasteiger partial charge in [0.2, 0.25) is 11.8 Å². The molecule has 6 rings (SSSR count). The van der Waals surface area contributed by atoms with Crippen LogP contribution in [0.1, 0.15) is 88.3 Å². The van der Waals surface area contributed by atoms with Crippen molar-refractivity contribution < 1.29 is 19.1 Å². The van der Waals surface area contributed by atoms with E-state index in [9.17, 15) is 9.59 Å². The fraction of sp³-hybridized carbons (Fsp3) is 0.605. The van der Waals surface area contributed by atoms with Gasteiger partial charge in [0.15, 0.2) is 0 Å². The highest BCUT2D eigenvalue weighted by Crippen LogP contribution is 2.38. The zero-order valence-electron chi connectivity index (χ0n) is 29.9. The number of ether oxygens (including phenoxy) is 2. The first kappa shape index (κ1) is 34.9. The van der Waals surface area contributed by atoms with E-state index in [4.69, 9.17) is 14.5 Å². The van der Waals surface area contributed by atoms with E-state index in [0.29, 0.717) is 68.9 Å². The SMILES string of the molecule is COc1ncc(C2CCC(CN(C(=O)C3CCC(OC(=O)N4CCN(C)CC4)CC3)c3cc(-c4cnn(C(C)C)c4)ccn3)CC2)cc1C. The van der Waals surface area contributed by atoms with Gasteiger partial charge in [-0.2, -0.15) is 5.10 Å². The number of likely N-dealkylation sites (N-methyl/N-ethyl adjacent to an activating group) is 1. The average molecular weight is 672 g/mol. The Hall–Kier alpha value is -3.99. The third kappa shape index (κ3) is 8.43. The van der Waals surface area contributed by atoms with Crippen LogP contribution in [0.3, 0.4) is 0 Å². The summed E-state index contributed by atoms with van der Waals surface area (Å²) in [6.45, 7) is 10.0. The van der Waals surface area contributed by atoms with Gasteiger partial charge >= 0.3 is 6.09 Å². The van der Waals surface area contributed by atoms with Crippen LogP contribution >= 0.6 is 0 Å². The van der Waals surface area contributed by atoms with E-state index in [-0.39, 0.29) is 30.1 Å². The number of anilines is 1. The Kier molecular flexibility index (Phi) is 11.2. The van der Waals surface area contributed by atoms with Crippen LogP contribution in [-0.4, -0.2) is 94.5 Å². The number of aromatic nitrogens is 4. The number of piperazine rings is 1. The summed E-state index contributed by atoms with van der Waals surface area (Å²) in [4.78, 5) is 42.6. The van der Waals surface area contributed by atoms with Gasteiger partial charge in [0.05, 0.1) is 13.3 Å². The highest BCUT2D eigenvalue weighted by Gasteiger charge is 2.35. The van der Waals surface area contributed by atoms with Crippen LogP contribution in [0.2, 0.25) is 0 Å². The first-order chi connectivity index (χ1) is 23.7. The van der Waals surface area contributed by atoms with Gasteiger partial charge in [0, 0.05) is 74.4 Å². The van der Waals surface area contributed by atoms with Gasteiger partial charge in [0.1, 0.15) is 11.9 Å². The summed E-state index contributed by atoms with van der Waals surface area (Å²) in [5, 5.41) is 4.54. The van der Waals surface area contributed by atoms with Crippen LogP contribution in [0.5, 0.6) is 5.88 Å². The van der Waals surface area contributed by atoms with Gasteiger partial charge < -0.3 is 19.3 Å². The Morgan fingerprint density at radius 3 is 2.33 bits per heavy atom. The minimum absolute atomic E-state index is 0.127. The zero-order valence-corrected chi connectivity index (χ0v) is 29.9. The van der Waals surface area contributed by atoms with Gasteiger partial charge in [0.25, 0.3) is 0 Å². The molecule has 4 heterocycles. The summed E-state index contributed by atoms with van der Waals surface area (Å²) in [7, 11) is 3.73. The number of methoxy groups -OCH3 is 1. The molecule has 1 aliphatic heterocycles. The molecule has 3 aromatic heterocycles.